The van der Waals surface area contributed by atoms with Crippen molar-refractivity contribution in [3.8, 4) is 11.5 Å². The summed E-state index contributed by atoms with van der Waals surface area (Å²) in [5.74, 6) is 2.23. The molecule has 0 fully saturated rings. The number of halogens is 1. The van der Waals surface area contributed by atoms with Crippen LogP contribution in [0.2, 0.25) is 0 Å². The lowest BCUT2D eigenvalue weighted by Crippen LogP contribution is -2.38. The summed E-state index contributed by atoms with van der Waals surface area (Å²) >= 11 is 0. The van der Waals surface area contributed by atoms with Gasteiger partial charge in [0, 0.05) is 18.6 Å². The molecule has 0 amide bonds. The van der Waals surface area contributed by atoms with Crippen LogP contribution in [-0.2, 0) is 6.54 Å². The summed E-state index contributed by atoms with van der Waals surface area (Å²) in [6, 6.07) is 16.3. The highest BCUT2D eigenvalue weighted by atomic mass is 127. The second kappa shape index (κ2) is 12.3. The Hall–Kier alpha value is -2.55. The van der Waals surface area contributed by atoms with Gasteiger partial charge < -0.3 is 20.1 Å². The van der Waals surface area contributed by atoms with E-state index in [-0.39, 0.29) is 30.0 Å². The van der Waals surface area contributed by atoms with Gasteiger partial charge in [-0.2, -0.15) is 0 Å². The Kier molecular flexibility index (Phi) is 9.84. The maximum Gasteiger partial charge on any atom is 0.191 e. The molecule has 31 heavy (non-hydrogen) atoms. The molecule has 7 heteroatoms. The van der Waals surface area contributed by atoms with Crippen LogP contribution in [0, 0.1) is 0 Å². The van der Waals surface area contributed by atoms with Crippen molar-refractivity contribution < 1.29 is 9.47 Å². The molecule has 0 saturated carbocycles. The Morgan fingerprint density at radius 2 is 1.77 bits per heavy atom. The first-order valence-corrected chi connectivity index (χ1v) is 10.4. The van der Waals surface area contributed by atoms with Crippen LogP contribution < -0.4 is 20.1 Å². The molecule has 1 unspecified atom stereocenters. The summed E-state index contributed by atoms with van der Waals surface area (Å²) < 4.78 is 11.4. The molecule has 1 atom stereocenters. The average Bonchev–Trinajstić information content (AvgIpc) is 2.78. The number of benzene rings is 2. The van der Waals surface area contributed by atoms with Gasteiger partial charge in [0.2, 0.25) is 0 Å². The number of aliphatic imine (C=N–C) groups is 1. The topological polar surface area (TPSA) is 67.8 Å². The summed E-state index contributed by atoms with van der Waals surface area (Å²) in [4.78, 5) is 8.90. The zero-order chi connectivity index (χ0) is 21.3. The van der Waals surface area contributed by atoms with E-state index in [1.54, 1.807) is 7.05 Å². The number of aromatic nitrogens is 1. The summed E-state index contributed by atoms with van der Waals surface area (Å²) in [5.41, 5.74) is 2.08. The van der Waals surface area contributed by atoms with E-state index in [0.29, 0.717) is 25.7 Å². The third-order valence-corrected chi connectivity index (χ3v) is 4.82. The van der Waals surface area contributed by atoms with Crippen molar-refractivity contribution >= 4 is 40.7 Å². The van der Waals surface area contributed by atoms with Crippen LogP contribution in [-0.4, -0.2) is 31.2 Å². The molecule has 0 radical (unpaired) electrons. The molecule has 166 valence electrons. The first-order chi connectivity index (χ1) is 14.7. The minimum atomic E-state index is 0. The van der Waals surface area contributed by atoms with Crippen LogP contribution in [0.3, 0.4) is 0 Å². The van der Waals surface area contributed by atoms with E-state index in [0.717, 1.165) is 28.1 Å². The highest BCUT2D eigenvalue weighted by Gasteiger charge is 2.13. The van der Waals surface area contributed by atoms with Gasteiger partial charge in [-0.3, -0.25) is 9.98 Å². The number of pyridine rings is 1. The largest absolute Gasteiger partial charge is 0.490 e. The van der Waals surface area contributed by atoms with Gasteiger partial charge in [0.1, 0.15) is 0 Å². The molecule has 0 aliphatic carbocycles. The number of hydrogen-bond donors (Lipinski definition) is 2. The molecule has 3 rings (SSSR count). The van der Waals surface area contributed by atoms with Gasteiger partial charge >= 0.3 is 0 Å². The molecule has 1 aromatic heterocycles. The number of fused-ring (bicyclic) bond motifs is 1. The van der Waals surface area contributed by atoms with Gasteiger partial charge in [-0.25, -0.2) is 0 Å². The molecule has 3 aromatic rings. The summed E-state index contributed by atoms with van der Waals surface area (Å²) in [6.07, 6.45) is 1.84. The van der Waals surface area contributed by atoms with Crippen molar-refractivity contribution in [2.45, 2.75) is 33.4 Å². The predicted octanol–water partition coefficient (Wildman–Crippen LogP) is 5.08. The quantitative estimate of drug-likeness (QED) is 0.240. The summed E-state index contributed by atoms with van der Waals surface area (Å²) in [7, 11) is 1.77. The molecule has 0 aliphatic heterocycles. The number of nitrogens with one attached hydrogen (secondary N) is 2. The Bertz CT molecular complexity index is 1000. The molecule has 0 saturated heterocycles. The second-order valence-corrected chi connectivity index (χ2v) is 6.84. The van der Waals surface area contributed by atoms with Crippen LogP contribution in [0.4, 0.5) is 0 Å². The van der Waals surface area contributed by atoms with Crippen LogP contribution in [0.15, 0.2) is 59.7 Å². The first-order valence-electron chi connectivity index (χ1n) is 10.4. The Morgan fingerprint density at radius 1 is 1.03 bits per heavy atom. The minimum Gasteiger partial charge on any atom is -0.490 e. The molecule has 2 N–H and O–H groups in total. The van der Waals surface area contributed by atoms with E-state index in [4.69, 9.17) is 9.47 Å². The fraction of sp³-hybridized carbons (Fsp3) is 0.333. The molecule has 6 nitrogen and oxygen atoms in total. The van der Waals surface area contributed by atoms with E-state index in [9.17, 15) is 0 Å². The van der Waals surface area contributed by atoms with Gasteiger partial charge in [0.25, 0.3) is 0 Å². The van der Waals surface area contributed by atoms with Crippen molar-refractivity contribution in [1.82, 2.24) is 15.6 Å². The molecule has 0 spiro atoms. The lowest BCUT2D eigenvalue weighted by Gasteiger charge is -2.20. The minimum absolute atomic E-state index is 0. The van der Waals surface area contributed by atoms with Gasteiger partial charge in [-0.1, -0.05) is 30.3 Å². The molecule has 1 heterocycles. The molecule has 0 bridgehead atoms. The second-order valence-electron chi connectivity index (χ2n) is 6.84. The van der Waals surface area contributed by atoms with E-state index in [1.165, 1.54) is 5.39 Å². The lowest BCUT2D eigenvalue weighted by molar-refractivity contribution is 0.287. The predicted molar refractivity (Wildman–Crippen MR) is 138 cm³/mol. The molecular formula is C24H31IN4O2. The van der Waals surface area contributed by atoms with Crippen molar-refractivity contribution in [2.24, 2.45) is 4.99 Å². The fourth-order valence-electron chi connectivity index (χ4n) is 3.31. The van der Waals surface area contributed by atoms with Crippen LogP contribution >= 0.6 is 24.0 Å². The lowest BCUT2D eigenvalue weighted by atomic mass is 10.1. The Labute approximate surface area is 201 Å². The van der Waals surface area contributed by atoms with Gasteiger partial charge in [-0.05, 0) is 49.9 Å². The van der Waals surface area contributed by atoms with Gasteiger partial charge in [0.05, 0.1) is 31.5 Å². The Morgan fingerprint density at radius 3 is 2.52 bits per heavy atom. The van der Waals surface area contributed by atoms with E-state index >= 15 is 0 Å². The normalized spacial score (nSPS) is 12.1. The number of rotatable bonds is 8. The fourth-order valence-corrected chi connectivity index (χ4v) is 3.31. The van der Waals surface area contributed by atoms with Crippen LogP contribution in [0.25, 0.3) is 10.8 Å². The molecular weight excluding hydrogens is 503 g/mol. The maximum atomic E-state index is 5.75. The van der Waals surface area contributed by atoms with Crippen molar-refractivity contribution in [3.05, 3.63) is 66.0 Å². The standard InChI is InChI=1S/C24H30N4O2.HI/c1-5-29-22-12-11-19(15-23(22)30-6-2)17(3)28-24(25-4)27-16-21-20-10-8-7-9-18(20)13-14-26-21;/h7-15,17H,5-6,16H2,1-4H3,(H2,25,27,28);1H. The maximum absolute atomic E-state index is 5.75. The zero-order valence-electron chi connectivity index (χ0n) is 18.5. The average molecular weight is 534 g/mol. The highest BCUT2D eigenvalue weighted by molar-refractivity contribution is 14.0. The van der Waals surface area contributed by atoms with Crippen LogP contribution in [0.5, 0.6) is 11.5 Å². The number of nitrogens with zero attached hydrogens (tertiary/aromatic N) is 2. The van der Waals surface area contributed by atoms with Gasteiger partial charge in [-0.15, -0.1) is 24.0 Å². The van der Waals surface area contributed by atoms with Crippen molar-refractivity contribution in [1.29, 1.82) is 0 Å². The zero-order valence-corrected chi connectivity index (χ0v) is 20.8. The van der Waals surface area contributed by atoms with E-state index < -0.39 is 0 Å². The van der Waals surface area contributed by atoms with E-state index in [1.807, 2.05) is 56.4 Å². The summed E-state index contributed by atoms with van der Waals surface area (Å²) in [6.45, 7) is 7.81. The summed E-state index contributed by atoms with van der Waals surface area (Å²) in [5, 5.41) is 9.13. The molecule has 2 aromatic carbocycles. The number of hydrogen-bond acceptors (Lipinski definition) is 4. The smallest absolute Gasteiger partial charge is 0.191 e. The van der Waals surface area contributed by atoms with Gasteiger partial charge in [0.15, 0.2) is 17.5 Å². The third kappa shape index (κ3) is 6.46. The SMILES string of the molecule is CCOc1ccc(C(C)NC(=NC)NCc2nccc3ccccc23)cc1OCC.I. The number of guanidine groups is 1. The molecule has 0 aliphatic rings. The van der Waals surface area contributed by atoms with Crippen molar-refractivity contribution in [3.63, 3.8) is 0 Å². The highest BCUT2D eigenvalue weighted by Crippen LogP contribution is 2.30. The van der Waals surface area contributed by atoms with Crippen molar-refractivity contribution in [2.75, 3.05) is 20.3 Å². The number of ether oxygens (including phenoxy) is 2. The van der Waals surface area contributed by atoms with E-state index in [2.05, 4.69) is 39.7 Å². The Balaban J connectivity index is 0.00000341. The monoisotopic (exact) mass is 534 g/mol. The first kappa shape index (κ1) is 24.7. The third-order valence-electron chi connectivity index (χ3n) is 4.82. The van der Waals surface area contributed by atoms with Crippen LogP contribution in [0.1, 0.15) is 38.1 Å².